The fraction of sp³-hybridized carbons (Fsp3) is 1.00. The Morgan fingerprint density at radius 3 is 0.750 bits per heavy atom. The summed E-state index contributed by atoms with van der Waals surface area (Å²) in [6, 6.07) is 0. The summed E-state index contributed by atoms with van der Waals surface area (Å²) in [6.45, 7) is 8.00. The van der Waals surface area contributed by atoms with E-state index in [9.17, 15) is 0 Å². The van der Waals surface area contributed by atoms with Crippen molar-refractivity contribution in [2.45, 2.75) is 35.1 Å². The van der Waals surface area contributed by atoms with E-state index in [2.05, 4.69) is 5.32 Å². The van der Waals surface area contributed by atoms with Gasteiger partial charge in [-0.2, -0.15) is 0 Å². The van der Waals surface area contributed by atoms with Gasteiger partial charge in [0.25, 0.3) is 0 Å². The molecule has 1 N–H and O–H groups in total. The molecule has 1 nitrogen and oxygen atoms in total. The molecular weight excluding hydrogens is 98.1 g/mol. The molecule has 0 rings (SSSR count). The molecule has 0 aliphatic heterocycles. The molecule has 0 aliphatic carbocycles. The van der Waals surface area contributed by atoms with Crippen molar-refractivity contribution in [1.29, 1.82) is 0 Å². The van der Waals surface area contributed by atoms with E-state index < -0.39 is 0 Å². The first-order valence-electron chi connectivity index (χ1n) is 3.00. The summed E-state index contributed by atoms with van der Waals surface area (Å²) in [6.07, 6.45) is 0. The zero-order chi connectivity index (χ0) is 6.71. The van der Waals surface area contributed by atoms with Crippen molar-refractivity contribution in [2.24, 2.45) is 0 Å². The predicted molar refractivity (Wildman–Crippen MR) is 44.4 cm³/mol. The molecule has 0 atom stereocenters. The second kappa shape index (κ2) is 268. The van der Waals surface area contributed by atoms with Gasteiger partial charge in [0.05, 0.1) is 0 Å². The lowest BCUT2D eigenvalue weighted by molar-refractivity contribution is 1.02. The summed E-state index contributed by atoms with van der Waals surface area (Å²) >= 11 is 0. The van der Waals surface area contributed by atoms with Crippen LogP contribution in [0.4, 0.5) is 0 Å². The first-order valence-corrected chi connectivity index (χ1v) is 3.00. The van der Waals surface area contributed by atoms with Gasteiger partial charge in [-0.15, -0.1) is 0 Å². The van der Waals surface area contributed by atoms with Crippen LogP contribution in [-0.4, -0.2) is 14.1 Å². The first-order chi connectivity index (χ1) is 3.41. The SMILES string of the molecule is C.CC.CC.CNC. The van der Waals surface area contributed by atoms with Crippen LogP contribution in [0.2, 0.25) is 0 Å². The third-order valence-electron chi connectivity index (χ3n) is 0. The predicted octanol–water partition coefficient (Wildman–Crippen LogP) is 2.52. The van der Waals surface area contributed by atoms with Gasteiger partial charge in [-0.25, -0.2) is 0 Å². The molecule has 0 unspecified atom stereocenters. The smallest absolute Gasteiger partial charge is 0.0167 e. The van der Waals surface area contributed by atoms with Gasteiger partial charge in [0.2, 0.25) is 0 Å². The average Bonchev–Trinajstić information content (AvgIpc) is 1.78. The Hall–Kier alpha value is -0.0400. The summed E-state index contributed by atoms with van der Waals surface area (Å²) in [5, 5.41) is 2.75. The van der Waals surface area contributed by atoms with Crippen LogP contribution in [0.5, 0.6) is 0 Å². The molecular formula is C7H23N. The Morgan fingerprint density at radius 2 is 0.750 bits per heavy atom. The molecule has 0 saturated carbocycles. The highest BCUT2D eigenvalue weighted by Gasteiger charge is 1.25. The van der Waals surface area contributed by atoms with Crippen molar-refractivity contribution in [3.63, 3.8) is 0 Å². The maximum absolute atomic E-state index is 2.75. The van der Waals surface area contributed by atoms with Gasteiger partial charge in [0.15, 0.2) is 0 Å². The summed E-state index contributed by atoms with van der Waals surface area (Å²) < 4.78 is 0. The largest absolute Gasteiger partial charge is 0.323 e. The zero-order valence-corrected chi connectivity index (χ0v) is 6.50. The quantitative estimate of drug-likeness (QED) is 0.519. The van der Waals surface area contributed by atoms with E-state index in [0.29, 0.717) is 0 Å². The minimum Gasteiger partial charge on any atom is -0.323 e. The van der Waals surface area contributed by atoms with Crippen molar-refractivity contribution in [1.82, 2.24) is 5.32 Å². The van der Waals surface area contributed by atoms with Crippen molar-refractivity contribution in [3.8, 4) is 0 Å². The fourth-order valence-electron chi connectivity index (χ4n) is 0. The first kappa shape index (κ1) is 24.6. The van der Waals surface area contributed by atoms with Gasteiger partial charge in [-0.3, -0.25) is 0 Å². The highest BCUT2D eigenvalue weighted by atomic mass is 14.7. The van der Waals surface area contributed by atoms with Crippen LogP contribution < -0.4 is 5.32 Å². The second-order valence-electron chi connectivity index (χ2n) is 0.500. The summed E-state index contributed by atoms with van der Waals surface area (Å²) in [5.41, 5.74) is 0. The number of nitrogens with one attached hydrogen (secondary N) is 1. The molecule has 8 heavy (non-hydrogen) atoms. The zero-order valence-electron chi connectivity index (χ0n) is 6.50. The van der Waals surface area contributed by atoms with Crippen LogP contribution in [-0.2, 0) is 0 Å². The van der Waals surface area contributed by atoms with Gasteiger partial charge < -0.3 is 5.32 Å². The molecule has 0 heterocycles. The second-order valence-corrected chi connectivity index (χ2v) is 0.500. The molecule has 0 fully saturated rings. The third-order valence-corrected chi connectivity index (χ3v) is 0. The molecule has 0 spiro atoms. The van der Waals surface area contributed by atoms with Crippen molar-refractivity contribution >= 4 is 0 Å². The Bertz CT molecular complexity index is 4.35. The molecule has 0 aromatic rings. The van der Waals surface area contributed by atoms with Gasteiger partial charge >= 0.3 is 0 Å². The van der Waals surface area contributed by atoms with Crippen LogP contribution in [0, 0.1) is 0 Å². The number of hydrogen-bond acceptors (Lipinski definition) is 1. The van der Waals surface area contributed by atoms with Gasteiger partial charge in [0, 0.05) is 0 Å². The molecule has 0 bridgehead atoms. The van der Waals surface area contributed by atoms with E-state index in [1.54, 1.807) is 0 Å². The van der Waals surface area contributed by atoms with E-state index >= 15 is 0 Å². The summed E-state index contributed by atoms with van der Waals surface area (Å²) in [7, 11) is 3.75. The van der Waals surface area contributed by atoms with E-state index in [-0.39, 0.29) is 7.43 Å². The summed E-state index contributed by atoms with van der Waals surface area (Å²) in [5.74, 6) is 0. The maximum atomic E-state index is 2.75. The lowest BCUT2D eigenvalue weighted by Crippen LogP contribution is -1.89. The standard InChI is InChI=1S/C2H7N.2C2H6.CH4/c1-3-2;2*1-2;/h3H,1-2H3;2*1-2H3;1H4. The fourth-order valence-corrected chi connectivity index (χ4v) is 0. The summed E-state index contributed by atoms with van der Waals surface area (Å²) in [4.78, 5) is 0. The molecule has 0 aromatic carbocycles. The van der Waals surface area contributed by atoms with Gasteiger partial charge in [0.1, 0.15) is 0 Å². The Morgan fingerprint density at radius 1 is 0.750 bits per heavy atom. The van der Waals surface area contributed by atoms with E-state index in [4.69, 9.17) is 0 Å². The van der Waals surface area contributed by atoms with Gasteiger partial charge in [-0.05, 0) is 14.1 Å². The van der Waals surface area contributed by atoms with Crippen molar-refractivity contribution < 1.29 is 0 Å². The highest BCUT2D eigenvalue weighted by molar-refractivity contribution is 3.91. The maximum Gasteiger partial charge on any atom is -0.0167 e. The van der Waals surface area contributed by atoms with Crippen molar-refractivity contribution in [2.75, 3.05) is 14.1 Å². The topological polar surface area (TPSA) is 12.0 Å². The molecule has 0 aromatic heterocycles. The Kier molecular flexibility index (Phi) is 825. The minimum atomic E-state index is 0. The molecule has 56 valence electrons. The Labute approximate surface area is 55.5 Å². The van der Waals surface area contributed by atoms with Gasteiger partial charge in [-0.1, -0.05) is 35.1 Å². The molecule has 0 amide bonds. The minimum absolute atomic E-state index is 0. The Balaban J connectivity index is -0.0000000147. The van der Waals surface area contributed by atoms with Crippen molar-refractivity contribution in [3.05, 3.63) is 0 Å². The molecule has 0 saturated heterocycles. The molecule has 0 aliphatic rings. The van der Waals surface area contributed by atoms with Crippen LogP contribution in [0.15, 0.2) is 0 Å². The number of hydrogen-bond donors (Lipinski definition) is 1. The highest BCUT2D eigenvalue weighted by Crippen LogP contribution is 1.15. The molecule has 0 radical (unpaired) electrons. The van der Waals surface area contributed by atoms with Crippen LogP contribution in [0.1, 0.15) is 35.1 Å². The molecule has 1 heteroatoms. The van der Waals surface area contributed by atoms with E-state index in [1.165, 1.54) is 0 Å². The lowest BCUT2D eigenvalue weighted by Gasteiger charge is -1.59. The van der Waals surface area contributed by atoms with E-state index in [1.807, 2.05) is 41.8 Å². The van der Waals surface area contributed by atoms with Crippen LogP contribution in [0.25, 0.3) is 0 Å². The normalized spacial score (nSPS) is 3.75. The lowest BCUT2D eigenvalue weighted by atomic mass is 11.0. The average molecular weight is 121 g/mol. The number of rotatable bonds is 0. The van der Waals surface area contributed by atoms with Crippen LogP contribution >= 0.6 is 0 Å². The van der Waals surface area contributed by atoms with Crippen LogP contribution in [0.3, 0.4) is 0 Å². The van der Waals surface area contributed by atoms with E-state index in [0.717, 1.165) is 0 Å². The third kappa shape index (κ3) is 91600. The monoisotopic (exact) mass is 121 g/mol.